The Morgan fingerprint density at radius 2 is 1.73 bits per heavy atom. The molecular weight excluding hydrogens is 348 g/mol. The van der Waals surface area contributed by atoms with Gasteiger partial charge < -0.3 is 4.57 Å². The Morgan fingerprint density at radius 1 is 1.04 bits per heavy atom. The smallest absolute Gasteiger partial charge is 0.218 e. The maximum Gasteiger partial charge on any atom is 0.218 e. The van der Waals surface area contributed by atoms with Gasteiger partial charge in [-0.15, -0.1) is 0 Å². The van der Waals surface area contributed by atoms with Crippen molar-refractivity contribution >= 4 is 10.0 Å². The molecule has 1 aliphatic heterocycles. The monoisotopic (exact) mass is 376 g/mol. The molecule has 1 aromatic carbocycles. The molecule has 2 heterocycles. The third-order valence-corrected chi connectivity index (χ3v) is 6.69. The van der Waals surface area contributed by atoms with E-state index in [2.05, 4.69) is 28.3 Å². The second-order valence-electron chi connectivity index (χ2n) is 7.12. The molecule has 1 fully saturated rings. The summed E-state index contributed by atoms with van der Waals surface area (Å²) in [5.41, 5.74) is 0.844. The first-order chi connectivity index (χ1) is 12.5. The Morgan fingerprint density at radius 3 is 2.38 bits per heavy atom. The highest BCUT2D eigenvalue weighted by Crippen LogP contribution is 2.15. The zero-order chi connectivity index (χ0) is 18.6. The van der Waals surface area contributed by atoms with Crippen molar-refractivity contribution < 1.29 is 8.42 Å². The quantitative estimate of drug-likeness (QED) is 0.743. The molecule has 0 atom stereocenters. The van der Waals surface area contributed by atoms with Crippen LogP contribution >= 0.6 is 0 Å². The zero-order valence-corrected chi connectivity index (χ0v) is 16.4. The van der Waals surface area contributed by atoms with E-state index in [1.807, 2.05) is 42.7 Å². The standard InChI is InChI=1S/C19H28N4O2S/c1-17(2)19-20-8-9-22(19)13-10-21-11-14-23(15-12-21)26(24,25)16-18-6-4-3-5-7-18/h3-9,17H,10-16H2,1-2H3. The van der Waals surface area contributed by atoms with Gasteiger partial charge in [-0.25, -0.2) is 13.4 Å². The summed E-state index contributed by atoms with van der Waals surface area (Å²) in [5, 5.41) is 0. The van der Waals surface area contributed by atoms with E-state index < -0.39 is 10.0 Å². The van der Waals surface area contributed by atoms with Crippen LogP contribution in [0.5, 0.6) is 0 Å². The second-order valence-corrected chi connectivity index (χ2v) is 9.08. The van der Waals surface area contributed by atoms with Crippen molar-refractivity contribution in [2.24, 2.45) is 0 Å². The summed E-state index contributed by atoms with van der Waals surface area (Å²) in [4.78, 5) is 6.75. The number of hydrogen-bond acceptors (Lipinski definition) is 4. The lowest BCUT2D eigenvalue weighted by Gasteiger charge is -2.34. The SMILES string of the molecule is CC(C)c1nccn1CCN1CCN(S(=O)(=O)Cc2ccccc2)CC1. The van der Waals surface area contributed by atoms with E-state index in [0.717, 1.165) is 37.6 Å². The summed E-state index contributed by atoms with van der Waals surface area (Å²) >= 11 is 0. The van der Waals surface area contributed by atoms with Crippen molar-refractivity contribution in [3.05, 3.63) is 54.1 Å². The molecule has 0 aliphatic carbocycles. The molecule has 1 aliphatic rings. The maximum atomic E-state index is 12.6. The Balaban J connectivity index is 1.50. The van der Waals surface area contributed by atoms with Gasteiger partial charge in [0, 0.05) is 57.6 Å². The van der Waals surface area contributed by atoms with Crippen molar-refractivity contribution in [1.29, 1.82) is 0 Å². The number of nitrogens with zero attached hydrogens (tertiary/aromatic N) is 4. The number of imidazole rings is 1. The maximum absolute atomic E-state index is 12.6. The van der Waals surface area contributed by atoms with E-state index in [4.69, 9.17) is 0 Å². The molecular formula is C19H28N4O2S. The Labute approximate surface area is 156 Å². The molecule has 1 saturated heterocycles. The highest BCUT2D eigenvalue weighted by molar-refractivity contribution is 7.88. The number of benzene rings is 1. The fourth-order valence-electron chi connectivity index (χ4n) is 3.37. The Hall–Kier alpha value is -1.70. The van der Waals surface area contributed by atoms with E-state index in [0.29, 0.717) is 19.0 Å². The summed E-state index contributed by atoms with van der Waals surface area (Å²) < 4.78 is 29.1. The fraction of sp³-hybridized carbons (Fsp3) is 0.526. The minimum absolute atomic E-state index is 0.0840. The van der Waals surface area contributed by atoms with E-state index in [1.54, 1.807) is 4.31 Å². The van der Waals surface area contributed by atoms with Crippen molar-refractivity contribution in [3.8, 4) is 0 Å². The third kappa shape index (κ3) is 4.72. The molecule has 1 aromatic heterocycles. The van der Waals surface area contributed by atoms with Crippen LogP contribution in [0.3, 0.4) is 0 Å². The van der Waals surface area contributed by atoms with Crippen LogP contribution in [0.1, 0.15) is 31.2 Å². The number of rotatable bonds is 7. The van der Waals surface area contributed by atoms with Crippen molar-refractivity contribution in [2.75, 3.05) is 32.7 Å². The van der Waals surface area contributed by atoms with Gasteiger partial charge in [0.15, 0.2) is 0 Å². The summed E-state index contributed by atoms with van der Waals surface area (Å²) in [5.74, 6) is 1.60. The zero-order valence-electron chi connectivity index (χ0n) is 15.6. The van der Waals surface area contributed by atoms with Crippen LogP contribution in [0.15, 0.2) is 42.7 Å². The van der Waals surface area contributed by atoms with Crippen LogP contribution in [0.2, 0.25) is 0 Å². The molecule has 0 saturated carbocycles. The molecule has 3 rings (SSSR count). The van der Waals surface area contributed by atoms with Crippen LogP contribution in [0.25, 0.3) is 0 Å². The van der Waals surface area contributed by atoms with Gasteiger partial charge in [0.25, 0.3) is 0 Å². The van der Waals surface area contributed by atoms with E-state index in [-0.39, 0.29) is 5.75 Å². The van der Waals surface area contributed by atoms with Crippen LogP contribution < -0.4 is 0 Å². The summed E-state index contributed by atoms with van der Waals surface area (Å²) in [6.45, 7) is 8.79. The summed E-state index contributed by atoms with van der Waals surface area (Å²) in [6.07, 6.45) is 3.87. The fourth-order valence-corrected chi connectivity index (χ4v) is 4.88. The number of hydrogen-bond donors (Lipinski definition) is 0. The molecule has 6 nitrogen and oxygen atoms in total. The molecule has 0 amide bonds. The molecule has 0 unspecified atom stereocenters. The highest BCUT2D eigenvalue weighted by atomic mass is 32.2. The summed E-state index contributed by atoms with van der Waals surface area (Å²) in [7, 11) is -3.24. The average molecular weight is 377 g/mol. The predicted octanol–water partition coefficient (Wildman–Crippen LogP) is 2.15. The minimum Gasteiger partial charge on any atom is -0.333 e. The van der Waals surface area contributed by atoms with Crippen LogP contribution in [0.4, 0.5) is 0 Å². The lowest BCUT2D eigenvalue weighted by molar-refractivity contribution is 0.182. The number of aromatic nitrogens is 2. The van der Waals surface area contributed by atoms with Crippen molar-refractivity contribution in [3.63, 3.8) is 0 Å². The normalized spacial score (nSPS) is 17.0. The first-order valence-electron chi connectivity index (χ1n) is 9.21. The van der Waals surface area contributed by atoms with Gasteiger partial charge in [-0.1, -0.05) is 44.2 Å². The lowest BCUT2D eigenvalue weighted by atomic mass is 10.2. The van der Waals surface area contributed by atoms with Gasteiger partial charge in [0.1, 0.15) is 5.82 Å². The van der Waals surface area contributed by atoms with Crippen LogP contribution in [0, 0.1) is 0 Å². The van der Waals surface area contributed by atoms with Crippen molar-refractivity contribution in [2.45, 2.75) is 32.1 Å². The molecule has 0 N–H and O–H groups in total. The Bertz CT molecular complexity index is 794. The predicted molar refractivity (Wildman–Crippen MR) is 103 cm³/mol. The van der Waals surface area contributed by atoms with Gasteiger partial charge in [-0.3, -0.25) is 4.90 Å². The van der Waals surface area contributed by atoms with Gasteiger partial charge in [-0.05, 0) is 5.56 Å². The molecule has 2 aromatic rings. The van der Waals surface area contributed by atoms with E-state index in [9.17, 15) is 8.42 Å². The lowest BCUT2D eigenvalue weighted by Crippen LogP contribution is -2.49. The van der Waals surface area contributed by atoms with Crippen LogP contribution in [-0.4, -0.2) is 59.9 Å². The Kier molecular flexibility index (Phi) is 6.11. The van der Waals surface area contributed by atoms with Crippen LogP contribution in [-0.2, 0) is 22.3 Å². The summed E-state index contributed by atoms with van der Waals surface area (Å²) in [6, 6.07) is 9.39. The first-order valence-corrected chi connectivity index (χ1v) is 10.8. The van der Waals surface area contributed by atoms with E-state index in [1.165, 1.54) is 0 Å². The second kappa shape index (κ2) is 8.33. The van der Waals surface area contributed by atoms with Gasteiger partial charge in [0.2, 0.25) is 10.0 Å². The molecule has 0 spiro atoms. The van der Waals surface area contributed by atoms with E-state index >= 15 is 0 Å². The first kappa shape index (κ1) is 19.1. The topological polar surface area (TPSA) is 58.4 Å². The van der Waals surface area contributed by atoms with Gasteiger partial charge in [0.05, 0.1) is 5.75 Å². The highest BCUT2D eigenvalue weighted by Gasteiger charge is 2.27. The molecule has 0 bridgehead atoms. The largest absolute Gasteiger partial charge is 0.333 e. The minimum atomic E-state index is -3.24. The third-order valence-electron chi connectivity index (χ3n) is 4.84. The van der Waals surface area contributed by atoms with Crippen molar-refractivity contribution in [1.82, 2.24) is 18.8 Å². The number of piperazine rings is 1. The number of sulfonamides is 1. The molecule has 0 radical (unpaired) electrons. The average Bonchev–Trinajstić information content (AvgIpc) is 3.10. The van der Waals surface area contributed by atoms with Gasteiger partial charge >= 0.3 is 0 Å². The molecule has 26 heavy (non-hydrogen) atoms. The molecule has 7 heteroatoms. The van der Waals surface area contributed by atoms with Gasteiger partial charge in [-0.2, -0.15) is 4.31 Å². The molecule has 142 valence electrons.